The Morgan fingerprint density at radius 3 is 2.60 bits per heavy atom. The standard InChI is InChI=1S/C17H28N2S/c1-5-18-16(17-12-20-7-6-19(17)4)11-15-9-13(2)8-14(3)10-15/h8-10,16-18H,5-7,11-12H2,1-4H3. The van der Waals surface area contributed by atoms with Crippen molar-refractivity contribution in [1.82, 2.24) is 10.2 Å². The summed E-state index contributed by atoms with van der Waals surface area (Å²) in [6, 6.07) is 8.14. The summed E-state index contributed by atoms with van der Waals surface area (Å²) in [5, 5.41) is 3.72. The van der Waals surface area contributed by atoms with Gasteiger partial charge in [-0.15, -0.1) is 0 Å². The zero-order chi connectivity index (χ0) is 14.5. The Bertz CT molecular complexity index is 413. The number of thioether (sulfide) groups is 1. The van der Waals surface area contributed by atoms with E-state index in [2.05, 4.69) is 68.0 Å². The zero-order valence-corrected chi connectivity index (χ0v) is 14.1. The van der Waals surface area contributed by atoms with E-state index in [0.717, 1.165) is 13.0 Å². The van der Waals surface area contributed by atoms with Crippen LogP contribution in [-0.4, -0.2) is 48.6 Å². The topological polar surface area (TPSA) is 15.3 Å². The van der Waals surface area contributed by atoms with E-state index < -0.39 is 0 Å². The Balaban J connectivity index is 2.11. The number of likely N-dealkylation sites (N-methyl/N-ethyl adjacent to an activating group) is 2. The fraction of sp³-hybridized carbons (Fsp3) is 0.647. The molecule has 0 aromatic heterocycles. The van der Waals surface area contributed by atoms with Crippen LogP contribution in [-0.2, 0) is 6.42 Å². The van der Waals surface area contributed by atoms with Gasteiger partial charge in [0.2, 0.25) is 0 Å². The van der Waals surface area contributed by atoms with Crippen LogP contribution in [0.5, 0.6) is 0 Å². The van der Waals surface area contributed by atoms with Gasteiger partial charge in [0, 0.05) is 30.1 Å². The average molecular weight is 292 g/mol. The summed E-state index contributed by atoms with van der Waals surface area (Å²) in [5.41, 5.74) is 4.22. The van der Waals surface area contributed by atoms with Gasteiger partial charge in [0.25, 0.3) is 0 Å². The highest BCUT2D eigenvalue weighted by Gasteiger charge is 2.27. The minimum Gasteiger partial charge on any atom is -0.312 e. The second-order valence-electron chi connectivity index (χ2n) is 5.99. The predicted octanol–water partition coefficient (Wildman–Crippen LogP) is 2.87. The number of aryl methyl sites for hydroxylation is 2. The third-order valence-electron chi connectivity index (χ3n) is 4.11. The van der Waals surface area contributed by atoms with Gasteiger partial charge in [0.1, 0.15) is 0 Å². The Morgan fingerprint density at radius 1 is 1.30 bits per heavy atom. The molecule has 1 aromatic carbocycles. The summed E-state index contributed by atoms with van der Waals surface area (Å²) in [6.07, 6.45) is 1.13. The predicted molar refractivity (Wildman–Crippen MR) is 90.8 cm³/mol. The van der Waals surface area contributed by atoms with Crippen LogP contribution in [0.1, 0.15) is 23.6 Å². The first kappa shape index (κ1) is 15.9. The molecule has 2 nitrogen and oxygen atoms in total. The van der Waals surface area contributed by atoms with Gasteiger partial charge in [-0.2, -0.15) is 11.8 Å². The SMILES string of the molecule is CCNC(Cc1cc(C)cc(C)c1)C1CSCCN1C. The molecular formula is C17H28N2S. The van der Waals surface area contributed by atoms with Gasteiger partial charge in [0.15, 0.2) is 0 Å². The van der Waals surface area contributed by atoms with Crippen LogP contribution in [0.25, 0.3) is 0 Å². The van der Waals surface area contributed by atoms with Gasteiger partial charge >= 0.3 is 0 Å². The van der Waals surface area contributed by atoms with Gasteiger partial charge in [-0.25, -0.2) is 0 Å². The molecule has 3 heteroatoms. The van der Waals surface area contributed by atoms with E-state index in [0.29, 0.717) is 12.1 Å². The first-order chi connectivity index (χ1) is 9.60. The highest BCUT2D eigenvalue weighted by atomic mass is 32.2. The van der Waals surface area contributed by atoms with Crippen molar-refractivity contribution in [2.45, 2.75) is 39.3 Å². The second kappa shape index (κ2) is 7.48. The number of hydrogen-bond acceptors (Lipinski definition) is 3. The van der Waals surface area contributed by atoms with E-state index in [-0.39, 0.29) is 0 Å². The molecular weight excluding hydrogens is 264 g/mol. The third-order valence-corrected chi connectivity index (χ3v) is 5.16. The lowest BCUT2D eigenvalue weighted by molar-refractivity contribution is 0.215. The Kier molecular flexibility index (Phi) is 5.94. The Morgan fingerprint density at radius 2 is 2.00 bits per heavy atom. The molecule has 2 unspecified atom stereocenters. The van der Waals surface area contributed by atoms with Crippen molar-refractivity contribution in [3.05, 3.63) is 34.9 Å². The van der Waals surface area contributed by atoms with Crippen molar-refractivity contribution < 1.29 is 0 Å². The summed E-state index contributed by atoms with van der Waals surface area (Å²) in [4.78, 5) is 2.53. The quantitative estimate of drug-likeness (QED) is 0.898. The lowest BCUT2D eigenvalue weighted by Crippen LogP contribution is -2.53. The molecule has 1 fully saturated rings. The van der Waals surface area contributed by atoms with Gasteiger partial charge in [-0.1, -0.05) is 36.2 Å². The number of rotatable bonds is 5. The van der Waals surface area contributed by atoms with Gasteiger partial charge in [0.05, 0.1) is 0 Å². The number of hydrogen-bond donors (Lipinski definition) is 1. The monoisotopic (exact) mass is 292 g/mol. The van der Waals surface area contributed by atoms with Crippen LogP contribution in [0.3, 0.4) is 0 Å². The minimum absolute atomic E-state index is 0.555. The second-order valence-corrected chi connectivity index (χ2v) is 7.14. The highest BCUT2D eigenvalue weighted by molar-refractivity contribution is 7.99. The van der Waals surface area contributed by atoms with Crippen molar-refractivity contribution in [2.75, 3.05) is 31.6 Å². The molecule has 0 aliphatic carbocycles. The van der Waals surface area contributed by atoms with E-state index in [4.69, 9.17) is 0 Å². The van der Waals surface area contributed by atoms with Crippen LogP contribution in [0, 0.1) is 13.8 Å². The normalized spacial score (nSPS) is 21.9. The minimum atomic E-state index is 0.555. The molecule has 0 spiro atoms. The van der Waals surface area contributed by atoms with Gasteiger partial charge < -0.3 is 10.2 Å². The van der Waals surface area contributed by atoms with Crippen LogP contribution < -0.4 is 5.32 Å². The first-order valence-corrected chi connectivity index (χ1v) is 8.84. The maximum atomic E-state index is 3.72. The molecule has 1 aliphatic heterocycles. The van der Waals surface area contributed by atoms with Crippen LogP contribution in [0.15, 0.2) is 18.2 Å². The highest BCUT2D eigenvalue weighted by Crippen LogP contribution is 2.20. The van der Waals surface area contributed by atoms with Crippen LogP contribution in [0.2, 0.25) is 0 Å². The van der Waals surface area contributed by atoms with Gasteiger partial charge in [-0.05, 0) is 39.4 Å². The van der Waals surface area contributed by atoms with Crippen molar-refractivity contribution in [3.63, 3.8) is 0 Å². The molecule has 1 saturated heterocycles. The fourth-order valence-electron chi connectivity index (χ4n) is 3.18. The van der Waals surface area contributed by atoms with E-state index in [9.17, 15) is 0 Å². The Hall–Kier alpha value is -0.510. The summed E-state index contributed by atoms with van der Waals surface area (Å²) in [7, 11) is 2.27. The average Bonchev–Trinajstić information content (AvgIpc) is 2.37. The van der Waals surface area contributed by atoms with Crippen LogP contribution >= 0.6 is 11.8 Å². The third kappa shape index (κ3) is 4.24. The molecule has 0 bridgehead atoms. The lowest BCUT2D eigenvalue weighted by atomic mass is 9.96. The molecule has 1 N–H and O–H groups in total. The van der Waals surface area contributed by atoms with Gasteiger partial charge in [-0.3, -0.25) is 0 Å². The zero-order valence-electron chi connectivity index (χ0n) is 13.3. The van der Waals surface area contributed by atoms with E-state index in [1.54, 1.807) is 0 Å². The first-order valence-electron chi connectivity index (χ1n) is 7.68. The maximum absolute atomic E-state index is 3.72. The summed E-state index contributed by atoms with van der Waals surface area (Å²) < 4.78 is 0. The number of nitrogens with zero attached hydrogens (tertiary/aromatic N) is 1. The fourth-order valence-corrected chi connectivity index (χ4v) is 4.49. The molecule has 0 radical (unpaired) electrons. The maximum Gasteiger partial charge on any atom is 0.0340 e. The van der Waals surface area contributed by atoms with E-state index in [1.165, 1.54) is 34.7 Å². The van der Waals surface area contributed by atoms with E-state index in [1.807, 2.05) is 0 Å². The van der Waals surface area contributed by atoms with Crippen LogP contribution in [0.4, 0.5) is 0 Å². The summed E-state index contributed by atoms with van der Waals surface area (Å²) >= 11 is 2.10. The van der Waals surface area contributed by atoms with E-state index >= 15 is 0 Å². The smallest absolute Gasteiger partial charge is 0.0340 e. The molecule has 1 aliphatic rings. The van der Waals surface area contributed by atoms with Crippen molar-refractivity contribution in [2.24, 2.45) is 0 Å². The molecule has 112 valence electrons. The molecule has 20 heavy (non-hydrogen) atoms. The van der Waals surface area contributed by atoms with Crippen molar-refractivity contribution >= 4 is 11.8 Å². The largest absolute Gasteiger partial charge is 0.312 e. The lowest BCUT2D eigenvalue weighted by Gasteiger charge is -2.38. The van der Waals surface area contributed by atoms with Crippen molar-refractivity contribution in [3.8, 4) is 0 Å². The molecule has 2 atom stereocenters. The number of nitrogens with one attached hydrogen (secondary N) is 1. The summed E-state index contributed by atoms with van der Waals surface area (Å²) in [6.45, 7) is 8.86. The molecule has 2 rings (SSSR count). The molecule has 0 amide bonds. The molecule has 1 aromatic rings. The summed E-state index contributed by atoms with van der Waals surface area (Å²) in [5.74, 6) is 2.52. The van der Waals surface area contributed by atoms with Crippen molar-refractivity contribution in [1.29, 1.82) is 0 Å². The number of benzene rings is 1. The Labute approximate surface area is 128 Å². The molecule has 0 saturated carbocycles. The molecule has 1 heterocycles.